The summed E-state index contributed by atoms with van der Waals surface area (Å²) in [6.07, 6.45) is 0.333. The normalized spacial score (nSPS) is 8.20. The Bertz CT molecular complexity index is 89.7. The summed E-state index contributed by atoms with van der Waals surface area (Å²) in [6, 6.07) is 0. The molecule has 0 aliphatic carbocycles. The van der Waals surface area contributed by atoms with Gasteiger partial charge in [-0.2, -0.15) is 0 Å². The van der Waals surface area contributed by atoms with Crippen molar-refractivity contribution in [3.8, 4) is 0 Å². The summed E-state index contributed by atoms with van der Waals surface area (Å²) >= 11 is 0. The average molecular weight is 221 g/mol. The van der Waals surface area contributed by atoms with Crippen LogP contribution < -0.4 is 11.1 Å². The van der Waals surface area contributed by atoms with Gasteiger partial charge in [-0.05, 0) is 0 Å². The van der Waals surface area contributed by atoms with Gasteiger partial charge in [-0.25, -0.2) is 0 Å². The topological polar surface area (TPSA) is 75.4 Å². The molecule has 0 aromatic rings. The molecule has 0 spiro atoms. The number of nitrogens with two attached hydrogens (primary N) is 1. The number of hydrogen-bond donors (Lipinski definition) is 3. The Balaban J connectivity index is 0. The van der Waals surface area contributed by atoms with Gasteiger partial charge >= 0.3 is 0 Å². The van der Waals surface area contributed by atoms with Gasteiger partial charge in [-0.15, -0.1) is 0 Å². The van der Waals surface area contributed by atoms with Gasteiger partial charge in [0.05, 0.1) is 6.61 Å². The standard InChI is InChI=1S/C5H12N2O2.Y/c6-2-1-5(9)7-3-4-8;/h8H,1-4,6H2,(H,7,9);. The van der Waals surface area contributed by atoms with Crippen molar-refractivity contribution in [2.45, 2.75) is 6.42 Å². The van der Waals surface area contributed by atoms with Crippen LogP contribution in [0.4, 0.5) is 0 Å². The Morgan fingerprint density at radius 3 is 2.60 bits per heavy atom. The minimum absolute atomic E-state index is 0. The zero-order valence-corrected chi connectivity index (χ0v) is 8.68. The predicted molar refractivity (Wildman–Crippen MR) is 33.8 cm³/mol. The number of aliphatic hydroxyl groups is 1. The molecule has 5 heteroatoms. The molecule has 4 N–H and O–H groups in total. The van der Waals surface area contributed by atoms with Crippen LogP contribution in [0.2, 0.25) is 0 Å². The van der Waals surface area contributed by atoms with Crippen molar-refractivity contribution in [3.05, 3.63) is 0 Å². The molecule has 0 bridgehead atoms. The summed E-state index contributed by atoms with van der Waals surface area (Å²) in [7, 11) is 0. The van der Waals surface area contributed by atoms with E-state index in [1.54, 1.807) is 0 Å². The van der Waals surface area contributed by atoms with Gasteiger partial charge in [0.15, 0.2) is 0 Å². The quantitative estimate of drug-likeness (QED) is 0.537. The molecule has 0 aliphatic rings. The van der Waals surface area contributed by atoms with Gasteiger partial charge in [0, 0.05) is 52.2 Å². The molecule has 0 heterocycles. The number of carbonyl (C=O) groups excluding carboxylic acids is 1. The average Bonchev–Trinajstić information content (AvgIpc) is 1.85. The Hall–Kier alpha value is 0.494. The molecule has 0 saturated heterocycles. The van der Waals surface area contributed by atoms with Crippen molar-refractivity contribution < 1.29 is 42.6 Å². The molecule has 0 atom stereocenters. The first-order valence-corrected chi connectivity index (χ1v) is 2.89. The fraction of sp³-hybridized carbons (Fsp3) is 0.800. The SMILES string of the molecule is NCCC(=O)NCCO.[Y]. The molecule has 1 amide bonds. The Morgan fingerprint density at radius 2 is 2.20 bits per heavy atom. The number of aliphatic hydroxyl groups excluding tert-OH is 1. The third-order valence-electron chi connectivity index (χ3n) is 0.805. The van der Waals surface area contributed by atoms with E-state index >= 15 is 0 Å². The first-order chi connectivity index (χ1) is 4.31. The number of carbonyl (C=O) groups is 1. The summed E-state index contributed by atoms with van der Waals surface area (Å²) in [4.78, 5) is 10.5. The number of nitrogens with one attached hydrogen (secondary N) is 1. The Morgan fingerprint density at radius 1 is 1.60 bits per heavy atom. The third kappa shape index (κ3) is 8.49. The largest absolute Gasteiger partial charge is 0.395 e. The van der Waals surface area contributed by atoms with Crippen LogP contribution in [-0.2, 0) is 37.5 Å². The predicted octanol–water partition coefficient (Wildman–Crippen LogP) is -1.56. The smallest absolute Gasteiger partial charge is 0.221 e. The van der Waals surface area contributed by atoms with Crippen molar-refractivity contribution in [2.24, 2.45) is 5.73 Å². The van der Waals surface area contributed by atoms with Crippen LogP contribution in [0.5, 0.6) is 0 Å². The van der Waals surface area contributed by atoms with Crippen molar-refractivity contribution in [1.29, 1.82) is 0 Å². The van der Waals surface area contributed by atoms with Gasteiger partial charge in [0.1, 0.15) is 0 Å². The van der Waals surface area contributed by atoms with E-state index in [0.29, 0.717) is 19.5 Å². The number of amides is 1. The van der Waals surface area contributed by atoms with E-state index in [9.17, 15) is 4.79 Å². The van der Waals surface area contributed by atoms with Crippen LogP contribution in [0.3, 0.4) is 0 Å². The molecule has 0 fully saturated rings. The number of rotatable bonds is 4. The van der Waals surface area contributed by atoms with Crippen molar-refractivity contribution in [2.75, 3.05) is 19.7 Å². The van der Waals surface area contributed by atoms with Gasteiger partial charge in [-0.3, -0.25) is 4.79 Å². The van der Waals surface area contributed by atoms with Gasteiger partial charge < -0.3 is 16.2 Å². The van der Waals surface area contributed by atoms with Crippen molar-refractivity contribution >= 4 is 5.91 Å². The van der Waals surface area contributed by atoms with Gasteiger partial charge in [0.25, 0.3) is 0 Å². The second-order valence-electron chi connectivity index (χ2n) is 1.61. The minimum Gasteiger partial charge on any atom is -0.395 e. The molecule has 57 valence electrons. The van der Waals surface area contributed by atoms with E-state index in [1.165, 1.54) is 0 Å². The van der Waals surface area contributed by atoms with E-state index in [-0.39, 0.29) is 45.2 Å². The van der Waals surface area contributed by atoms with Crippen LogP contribution >= 0.6 is 0 Å². The van der Waals surface area contributed by atoms with E-state index in [2.05, 4.69) is 5.32 Å². The first kappa shape index (κ1) is 13.1. The first-order valence-electron chi connectivity index (χ1n) is 2.89. The van der Waals surface area contributed by atoms with Gasteiger partial charge in [-0.1, -0.05) is 0 Å². The molecule has 4 nitrogen and oxygen atoms in total. The van der Waals surface area contributed by atoms with Crippen LogP contribution in [0, 0.1) is 0 Å². The van der Waals surface area contributed by atoms with E-state index in [1.807, 2.05) is 0 Å². The van der Waals surface area contributed by atoms with Crippen molar-refractivity contribution in [1.82, 2.24) is 5.32 Å². The Labute approximate surface area is 85.4 Å². The number of hydrogen-bond acceptors (Lipinski definition) is 3. The fourth-order valence-corrected chi connectivity index (χ4v) is 0.415. The summed E-state index contributed by atoms with van der Waals surface area (Å²) in [5.74, 6) is -0.105. The molecule has 0 aromatic heterocycles. The summed E-state index contributed by atoms with van der Waals surface area (Å²) < 4.78 is 0. The van der Waals surface area contributed by atoms with Gasteiger partial charge in [0.2, 0.25) is 5.91 Å². The van der Waals surface area contributed by atoms with E-state index in [0.717, 1.165) is 0 Å². The third-order valence-corrected chi connectivity index (χ3v) is 0.805. The summed E-state index contributed by atoms with van der Waals surface area (Å²) in [5, 5.41) is 10.7. The molecule has 0 rings (SSSR count). The second-order valence-corrected chi connectivity index (χ2v) is 1.61. The zero-order valence-electron chi connectivity index (χ0n) is 5.84. The molecule has 0 saturated carbocycles. The molecule has 10 heavy (non-hydrogen) atoms. The van der Waals surface area contributed by atoms with E-state index in [4.69, 9.17) is 10.8 Å². The van der Waals surface area contributed by atoms with Crippen LogP contribution in [-0.4, -0.2) is 30.7 Å². The monoisotopic (exact) mass is 221 g/mol. The fourth-order valence-electron chi connectivity index (χ4n) is 0.415. The maximum absolute atomic E-state index is 10.5. The zero-order chi connectivity index (χ0) is 7.11. The van der Waals surface area contributed by atoms with Crippen molar-refractivity contribution in [3.63, 3.8) is 0 Å². The summed E-state index contributed by atoms with van der Waals surface area (Å²) in [6.45, 7) is 0.659. The molecule has 0 aromatic carbocycles. The summed E-state index contributed by atoms with van der Waals surface area (Å²) in [5.41, 5.74) is 5.08. The molecular weight excluding hydrogens is 209 g/mol. The maximum atomic E-state index is 10.5. The van der Waals surface area contributed by atoms with E-state index < -0.39 is 0 Å². The molecule has 0 aliphatic heterocycles. The second kappa shape index (κ2) is 9.49. The van der Waals surface area contributed by atoms with Crippen LogP contribution in [0.1, 0.15) is 6.42 Å². The van der Waals surface area contributed by atoms with Crippen LogP contribution in [0.25, 0.3) is 0 Å². The van der Waals surface area contributed by atoms with Crippen LogP contribution in [0.15, 0.2) is 0 Å². The maximum Gasteiger partial charge on any atom is 0.221 e. The molecule has 1 radical (unpaired) electrons. The Kier molecular flexibility index (Phi) is 12.4. The molecular formula is C5H12N2O2Y. The minimum atomic E-state index is -0.105. The molecule has 0 unspecified atom stereocenters.